The van der Waals surface area contributed by atoms with Crippen LogP contribution in [0.5, 0.6) is 0 Å². The van der Waals surface area contributed by atoms with Gasteiger partial charge in [0.05, 0.1) is 12.7 Å². The largest absolute Gasteiger partial charge is 0.465 e. The molecule has 1 unspecified atom stereocenters. The minimum Gasteiger partial charge on any atom is -0.465 e. The Morgan fingerprint density at radius 3 is 2.94 bits per heavy atom. The zero-order chi connectivity index (χ0) is 13.1. The van der Waals surface area contributed by atoms with Crippen molar-refractivity contribution in [3.8, 4) is 0 Å². The molecule has 0 bridgehead atoms. The third kappa shape index (κ3) is 2.38. The number of rotatable bonds is 4. The molecule has 0 aliphatic carbocycles. The number of H-pyrrole nitrogens is 1. The molecule has 2 aromatic rings. The van der Waals surface area contributed by atoms with Gasteiger partial charge in [0.25, 0.3) is 0 Å². The summed E-state index contributed by atoms with van der Waals surface area (Å²) in [5.41, 5.74) is 8.65. The number of hydrogen-bond acceptors (Lipinski definition) is 3. The summed E-state index contributed by atoms with van der Waals surface area (Å²) < 4.78 is 4.70. The summed E-state index contributed by atoms with van der Waals surface area (Å²) in [6, 6.07) is 5.70. The maximum atomic E-state index is 11.4. The number of aromatic nitrogens is 1. The van der Waals surface area contributed by atoms with Crippen molar-refractivity contribution >= 4 is 16.9 Å². The fourth-order valence-corrected chi connectivity index (χ4v) is 2.03. The van der Waals surface area contributed by atoms with Crippen LogP contribution >= 0.6 is 0 Å². The second-order valence-corrected chi connectivity index (χ2v) is 4.44. The number of methoxy groups -OCH3 is 1. The van der Waals surface area contributed by atoms with Gasteiger partial charge in [-0.15, -0.1) is 0 Å². The van der Waals surface area contributed by atoms with Crippen LogP contribution < -0.4 is 5.73 Å². The number of fused-ring (bicyclic) bond motifs is 1. The molecule has 0 fully saturated rings. The van der Waals surface area contributed by atoms with Crippen LogP contribution in [0.15, 0.2) is 24.4 Å². The summed E-state index contributed by atoms with van der Waals surface area (Å²) in [4.78, 5) is 14.6. The Bertz CT molecular complexity index is 560. The Kier molecular flexibility index (Phi) is 3.67. The SMILES string of the molecule is CCC(N)Cc1c[nH]c2cc(C(=O)OC)ccc12. The van der Waals surface area contributed by atoms with E-state index in [1.165, 1.54) is 12.7 Å². The molecule has 0 radical (unpaired) electrons. The Hall–Kier alpha value is -1.81. The first-order chi connectivity index (χ1) is 8.65. The fourth-order valence-electron chi connectivity index (χ4n) is 2.03. The highest BCUT2D eigenvalue weighted by molar-refractivity contribution is 5.95. The molecular weight excluding hydrogens is 228 g/mol. The Morgan fingerprint density at radius 2 is 2.28 bits per heavy atom. The van der Waals surface area contributed by atoms with E-state index >= 15 is 0 Å². The van der Waals surface area contributed by atoms with Gasteiger partial charge in [0.1, 0.15) is 0 Å². The van der Waals surface area contributed by atoms with E-state index in [1.54, 1.807) is 6.07 Å². The van der Waals surface area contributed by atoms with E-state index in [1.807, 2.05) is 18.3 Å². The van der Waals surface area contributed by atoms with E-state index in [4.69, 9.17) is 10.5 Å². The van der Waals surface area contributed by atoms with Crippen molar-refractivity contribution in [3.05, 3.63) is 35.5 Å². The molecule has 0 saturated carbocycles. The van der Waals surface area contributed by atoms with Crippen LogP contribution in [0.1, 0.15) is 29.3 Å². The molecule has 4 nitrogen and oxygen atoms in total. The Balaban J connectivity index is 2.34. The molecule has 1 heterocycles. The van der Waals surface area contributed by atoms with Crippen LogP contribution in [0.4, 0.5) is 0 Å². The van der Waals surface area contributed by atoms with Gasteiger partial charge in [-0.05, 0) is 30.5 Å². The lowest BCUT2D eigenvalue weighted by molar-refractivity contribution is 0.0601. The topological polar surface area (TPSA) is 68.1 Å². The molecule has 18 heavy (non-hydrogen) atoms. The minimum atomic E-state index is -0.321. The number of benzene rings is 1. The third-order valence-electron chi connectivity index (χ3n) is 3.20. The zero-order valence-electron chi connectivity index (χ0n) is 10.7. The number of nitrogens with two attached hydrogens (primary N) is 1. The second kappa shape index (κ2) is 5.23. The average molecular weight is 246 g/mol. The Labute approximate surface area is 106 Å². The maximum absolute atomic E-state index is 11.4. The number of nitrogens with one attached hydrogen (secondary N) is 1. The molecule has 1 atom stereocenters. The van der Waals surface area contributed by atoms with Crippen molar-refractivity contribution in [2.24, 2.45) is 5.73 Å². The van der Waals surface area contributed by atoms with Crippen molar-refractivity contribution in [1.82, 2.24) is 4.98 Å². The molecule has 3 N–H and O–H groups in total. The highest BCUT2D eigenvalue weighted by Crippen LogP contribution is 2.21. The summed E-state index contributed by atoms with van der Waals surface area (Å²) in [5.74, 6) is -0.321. The molecular formula is C14H18N2O2. The summed E-state index contributed by atoms with van der Waals surface area (Å²) in [6.45, 7) is 2.08. The minimum absolute atomic E-state index is 0.171. The molecule has 1 aromatic carbocycles. The number of hydrogen-bond donors (Lipinski definition) is 2. The summed E-state index contributed by atoms with van der Waals surface area (Å²) in [6.07, 6.45) is 3.75. The highest BCUT2D eigenvalue weighted by atomic mass is 16.5. The first kappa shape index (κ1) is 12.6. The number of ether oxygens (including phenoxy) is 1. The van der Waals surface area contributed by atoms with Crippen LogP contribution in [-0.4, -0.2) is 24.1 Å². The standard InChI is InChI=1S/C14H18N2O2/c1-3-11(15)6-10-8-16-13-7-9(14(17)18-2)4-5-12(10)13/h4-5,7-8,11,16H,3,6,15H2,1-2H3. The van der Waals surface area contributed by atoms with E-state index in [0.29, 0.717) is 5.56 Å². The van der Waals surface area contributed by atoms with Crippen LogP contribution in [0.3, 0.4) is 0 Å². The predicted molar refractivity (Wildman–Crippen MR) is 71.6 cm³/mol. The molecule has 0 spiro atoms. The van der Waals surface area contributed by atoms with Gasteiger partial charge in [-0.3, -0.25) is 0 Å². The first-order valence-electron chi connectivity index (χ1n) is 6.09. The van der Waals surface area contributed by atoms with E-state index < -0.39 is 0 Å². The smallest absolute Gasteiger partial charge is 0.337 e. The number of carbonyl (C=O) groups excluding carboxylic acids is 1. The normalized spacial score (nSPS) is 12.6. The van der Waals surface area contributed by atoms with Gasteiger partial charge in [0.15, 0.2) is 0 Å². The molecule has 0 aliphatic heterocycles. The summed E-state index contributed by atoms with van der Waals surface area (Å²) >= 11 is 0. The van der Waals surface area contributed by atoms with Gasteiger partial charge in [0.2, 0.25) is 0 Å². The monoisotopic (exact) mass is 246 g/mol. The average Bonchev–Trinajstić information content (AvgIpc) is 2.80. The summed E-state index contributed by atoms with van der Waals surface area (Å²) in [7, 11) is 1.38. The van der Waals surface area contributed by atoms with Crippen molar-refractivity contribution in [2.75, 3.05) is 7.11 Å². The van der Waals surface area contributed by atoms with Gasteiger partial charge in [-0.2, -0.15) is 0 Å². The van der Waals surface area contributed by atoms with Gasteiger partial charge >= 0.3 is 5.97 Å². The lowest BCUT2D eigenvalue weighted by Crippen LogP contribution is -2.21. The van der Waals surface area contributed by atoms with Crippen molar-refractivity contribution in [2.45, 2.75) is 25.8 Å². The van der Waals surface area contributed by atoms with Crippen LogP contribution in [0, 0.1) is 0 Å². The molecule has 0 saturated heterocycles. The van der Waals surface area contributed by atoms with Gasteiger partial charge in [-0.25, -0.2) is 4.79 Å². The van der Waals surface area contributed by atoms with E-state index in [-0.39, 0.29) is 12.0 Å². The lowest BCUT2D eigenvalue weighted by atomic mass is 10.0. The molecule has 4 heteroatoms. The quantitative estimate of drug-likeness (QED) is 0.813. The molecule has 2 rings (SSSR count). The third-order valence-corrected chi connectivity index (χ3v) is 3.20. The lowest BCUT2D eigenvalue weighted by Gasteiger charge is -2.07. The molecule has 0 aliphatic rings. The Morgan fingerprint density at radius 1 is 1.50 bits per heavy atom. The zero-order valence-corrected chi connectivity index (χ0v) is 10.7. The van der Waals surface area contributed by atoms with Crippen LogP contribution in [0.25, 0.3) is 10.9 Å². The van der Waals surface area contributed by atoms with E-state index in [9.17, 15) is 4.79 Å². The van der Waals surface area contributed by atoms with E-state index in [0.717, 1.165) is 23.7 Å². The van der Waals surface area contributed by atoms with Crippen LogP contribution in [-0.2, 0) is 11.2 Å². The van der Waals surface area contributed by atoms with E-state index in [2.05, 4.69) is 11.9 Å². The van der Waals surface area contributed by atoms with Gasteiger partial charge < -0.3 is 15.5 Å². The second-order valence-electron chi connectivity index (χ2n) is 4.44. The molecule has 0 amide bonds. The van der Waals surface area contributed by atoms with Crippen LogP contribution in [0.2, 0.25) is 0 Å². The van der Waals surface area contributed by atoms with Crippen molar-refractivity contribution < 1.29 is 9.53 Å². The van der Waals surface area contributed by atoms with Crippen molar-refractivity contribution in [1.29, 1.82) is 0 Å². The molecule has 1 aromatic heterocycles. The number of esters is 1. The van der Waals surface area contributed by atoms with Gasteiger partial charge in [-0.1, -0.05) is 13.0 Å². The number of aromatic amines is 1. The van der Waals surface area contributed by atoms with Gasteiger partial charge in [0, 0.05) is 23.1 Å². The van der Waals surface area contributed by atoms with Crippen molar-refractivity contribution in [3.63, 3.8) is 0 Å². The molecule has 96 valence electrons. The number of carbonyl (C=O) groups is 1. The highest BCUT2D eigenvalue weighted by Gasteiger charge is 2.10. The fraction of sp³-hybridized carbons (Fsp3) is 0.357. The maximum Gasteiger partial charge on any atom is 0.337 e. The summed E-state index contributed by atoms with van der Waals surface area (Å²) in [5, 5.41) is 1.12. The predicted octanol–water partition coefficient (Wildman–Crippen LogP) is 2.23. The first-order valence-corrected chi connectivity index (χ1v) is 6.09.